The van der Waals surface area contributed by atoms with Gasteiger partial charge in [-0.2, -0.15) is 9.57 Å². The van der Waals surface area contributed by atoms with Gasteiger partial charge in [-0.1, -0.05) is 0 Å². The largest absolute Gasteiger partial charge is 0.437 e. The van der Waals surface area contributed by atoms with Crippen LogP contribution in [0.2, 0.25) is 0 Å². The fourth-order valence-corrected chi connectivity index (χ4v) is 5.85. The maximum atomic E-state index is 13.1. The number of hydrogen-bond acceptors (Lipinski definition) is 6. The fraction of sp³-hybridized carbons (Fsp3) is 0.526. The van der Waals surface area contributed by atoms with Crippen molar-refractivity contribution < 1.29 is 22.7 Å². The summed E-state index contributed by atoms with van der Waals surface area (Å²) in [5.74, 6) is 0.197. The molecule has 3 heterocycles. The first-order valence-corrected chi connectivity index (χ1v) is 11.1. The van der Waals surface area contributed by atoms with E-state index in [2.05, 4.69) is 0 Å². The molecule has 1 spiro atoms. The highest BCUT2D eigenvalue weighted by atomic mass is 32.2. The zero-order valence-corrected chi connectivity index (χ0v) is 16.5. The van der Waals surface area contributed by atoms with Crippen LogP contribution in [-0.2, 0) is 19.6 Å². The van der Waals surface area contributed by atoms with Crippen LogP contribution in [0.3, 0.4) is 0 Å². The maximum absolute atomic E-state index is 13.1. The van der Waals surface area contributed by atoms with Crippen LogP contribution in [-0.4, -0.2) is 78.9 Å². The van der Waals surface area contributed by atoms with Crippen LogP contribution in [0.1, 0.15) is 18.4 Å². The zero-order valence-electron chi connectivity index (χ0n) is 15.7. The van der Waals surface area contributed by atoms with E-state index < -0.39 is 27.8 Å². The first-order valence-electron chi connectivity index (χ1n) is 9.63. The van der Waals surface area contributed by atoms with Crippen molar-refractivity contribution in [2.45, 2.75) is 29.4 Å². The Morgan fingerprint density at radius 3 is 2.48 bits per heavy atom. The normalized spacial score (nSPS) is 25.9. The van der Waals surface area contributed by atoms with Gasteiger partial charge in [0.05, 0.1) is 35.7 Å². The number of likely N-dealkylation sites (tertiary alicyclic amines) is 1. The van der Waals surface area contributed by atoms with Crippen molar-refractivity contribution in [2.24, 2.45) is 5.92 Å². The van der Waals surface area contributed by atoms with E-state index in [4.69, 9.17) is 10.00 Å². The third kappa shape index (κ3) is 2.80. The molecule has 1 atom stereocenters. The van der Waals surface area contributed by atoms with Gasteiger partial charge in [0.15, 0.2) is 5.60 Å². The Bertz CT molecular complexity index is 1020. The van der Waals surface area contributed by atoms with Gasteiger partial charge >= 0.3 is 6.09 Å². The quantitative estimate of drug-likeness (QED) is 0.704. The second-order valence-corrected chi connectivity index (χ2v) is 10.0. The standard InChI is InChI=1S/C19H20N4O5S/c20-9-13-1-5-15(6-2-13)29(26,27)22-7-8-23-16(10-22)19(28-18(23)25)11-21(12-19)17(24)14-3-4-14/h1-2,5-6,14,16H,3-4,7-8,10-12H2. The highest BCUT2D eigenvalue weighted by molar-refractivity contribution is 7.89. The second-order valence-electron chi connectivity index (χ2n) is 8.11. The van der Waals surface area contributed by atoms with Crippen LogP contribution in [0.5, 0.6) is 0 Å². The molecule has 1 aromatic rings. The number of sulfonamides is 1. The van der Waals surface area contributed by atoms with E-state index in [1.807, 2.05) is 6.07 Å². The van der Waals surface area contributed by atoms with Crippen molar-refractivity contribution in [3.63, 3.8) is 0 Å². The third-order valence-corrected chi connectivity index (χ3v) is 8.13. The van der Waals surface area contributed by atoms with Crippen molar-refractivity contribution in [1.29, 1.82) is 5.26 Å². The average Bonchev–Trinajstić information content (AvgIpc) is 3.50. The summed E-state index contributed by atoms with van der Waals surface area (Å²) in [5.41, 5.74) is -0.446. The predicted octanol–water partition coefficient (Wildman–Crippen LogP) is 0.374. The molecule has 29 heavy (non-hydrogen) atoms. The lowest BCUT2D eigenvalue weighted by Crippen LogP contribution is -2.72. The van der Waals surface area contributed by atoms with Crippen LogP contribution in [0.4, 0.5) is 4.79 Å². The highest BCUT2D eigenvalue weighted by Gasteiger charge is 2.63. The van der Waals surface area contributed by atoms with E-state index in [0.29, 0.717) is 18.7 Å². The molecule has 1 aliphatic carbocycles. The van der Waals surface area contributed by atoms with Gasteiger partial charge < -0.3 is 9.64 Å². The number of fused-ring (bicyclic) bond motifs is 2. The van der Waals surface area contributed by atoms with Gasteiger partial charge in [0, 0.05) is 25.6 Å². The molecule has 0 radical (unpaired) electrons. The lowest BCUT2D eigenvalue weighted by molar-refractivity contribution is -0.156. The number of carbonyl (C=O) groups is 2. The summed E-state index contributed by atoms with van der Waals surface area (Å²) in [4.78, 5) is 28.0. The molecule has 3 saturated heterocycles. The monoisotopic (exact) mass is 416 g/mol. The summed E-state index contributed by atoms with van der Waals surface area (Å²) < 4.78 is 33.2. The van der Waals surface area contributed by atoms with Crippen LogP contribution < -0.4 is 0 Å². The molecule has 1 saturated carbocycles. The van der Waals surface area contributed by atoms with Crippen LogP contribution in [0, 0.1) is 17.2 Å². The van der Waals surface area contributed by atoms with E-state index >= 15 is 0 Å². The number of hydrogen-bond donors (Lipinski definition) is 0. The summed E-state index contributed by atoms with van der Waals surface area (Å²) in [6, 6.07) is 7.34. The Balaban J connectivity index is 1.35. The molecule has 0 aromatic heterocycles. The topological polar surface area (TPSA) is 111 Å². The van der Waals surface area contributed by atoms with Crippen LogP contribution in [0.25, 0.3) is 0 Å². The summed E-state index contributed by atoms with van der Waals surface area (Å²) in [7, 11) is -3.76. The van der Waals surface area contributed by atoms with E-state index in [1.54, 1.807) is 9.80 Å². The average molecular weight is 416 g/mol. The lowest BCUT2D eigenvalue weighted by Gasteiger charge is -2.51. The molecule has 1 unspecified atom stereocenters. The minimum atomic E-state index is -3.76. The van der Waals surface area contributed by atoms with Gasteiger partial charge in [-0.15, -0.1) is 0 Å². The SMILES string of the molecule is N#Cc1ccc(S(=O)(=O)N2CCN3C(=O)OC4(CN(C(=O)C5CC5)C4)C3C2)cc1. The first-order chi connectivity index (χ1) is 13.8. The van der Waals surface area contributed by atoms with Crippen molar-refractivity contribution in [3.8, 4) is 6.07 Å². The Morgan fingerprint density at radius 2 is 1.86 bits per heavy atom. The molecule has 9 nitrogen and oxygen atoms in total. The van der Waals surface area contributed by atoms with Gasteiger partial charge in [-0.05, 0) is 37.1 Å². The Hall–Kier alpha value is -2.64. The van der Waals surface area contributed by atoms with E-state index in [9.17, 15) is 18.0 Å². The molecular formula is C19H20N4O5S. The van der Waals surface area contributed by atoms with Crippen LogP contribution in [0.15, 0.2) is 29.2 Å². The van der Waals surface area contributed by atoms with Gasteiger partial charge in [-0.3, -0.25) is 9.69 Å². The minimum Gasteiger partial charge on any atom is -0.437 e. The predicted molar refractivity (Wildman–Crippen MR) is 98.9 cm³/mol. The summed E-state index contributed by atoms with van der Waals surface area (Å²) >= 11 is 0. The summed E-state index contributed by atoms with van der Waals surface area (Å²) in [5, 5.41) is 8.91. The molecule has 1 aromatic carbocycles. The summed E-state index contributed by atoms with van der Waals surface area (Å²) in [6.45, 7) is 1.19. The maximum Gasteiger partial charge on any atom is 0.411 e. The molecule has 5 rings (SSSR count). The minimum absolute atomic E-state index is 0.0974. The Kier molecular flexibility index (Phi) is 3.92. The number of nitriles is 1. The van der Waals surface area contributed by atoms with Crippen molar-refractivity contribution >= 4 is 22.0 Å². The Morgan fingerprint density at radius 1 is 1.17 bits per heavy atom. The number of carbonyl (C=O) groups excluding carboxylic acids is 2. The van der Waals surface area contributed by atoms with Gasteiger partial charge in [0.2, 0.25) is 15.9 Å². The number of amides is 2. The molecule has 0 bridgehead atoms. The van der Waals surface area contributed by atoms with E-state index in [0.717, 1.165) is 12.8 Å². The van der Waals surface area contributed by atoms with Gasteiger partial charge in [-0.25, -0.2) is 13.2 Å². The molecule has 2 amide bonds. The van der Waals surface area contributed by atoms with E-state index in [1.165, 1.54) is 28.6 Å². The fourth-order valence-electron chi connectivity index (χ4n) is 4.42. The number of benzene rings is 1. The zero-order chi connectivity index (χ0) is 20.4. The summed E-state index contributed by atoms with van der Waals surface area (Å²) in [6.07, 6.45) is 1.38. The Labute approximate surface area is 168 Å². The number of ether oxygens (including phenoxy) is 1. The number of piperazine rings is 1. The molecule has 4 fully saturated rings. The molecule has 10 heteroatoms. The molecule has 0 N–H and O–H groups in total. The smallest absolute Gasteiger partial charge is 0.411 e. The van der Waals surface area contributed by atoms with Crippen LogP contribution >= 0.6 is 0 Å². The second kappa shape index (κ2) is 6.18. The highest BCUT2D eigenvalue weighted by Crippen LogP contribution is 2.42. The number of rotatable bonds is 3. The first kappa shape index (κ1) is 18.4. The van der Waals surface area contributed by atoms with Crippen molar-refractivity contribution in [2.75, 3.05) is 32.7 Å². The van der Waals surface area contributed by atoms with Crippen molar-refractivity contribution in [1.82, 2.24) is 14.1 Å². The third-order valence-electron chi connectivity index (χ3n) is 6.25. The van der Waals surface area contributed by atoms with Gasteiger partial charge in [0.25, 0.3) is 0 Å². The van der Waals surface area contributed by atoms with E-state index in [-0.39, 0.29) is 36.4 Å². The molecule has 3 aliphatic heterocycles. The molecule has 152 valence electrons. The molecular weight excluding hydrogens is 396 g/mol. The van der Waals surface area contributed by atoms with Crippen molar-refractivity contribution in [3.05, 3.63) is 29.8 Å². The van der Waals surface area contributed by atoms with Gasteiger partial charge in [0.1, 0.15) is 0 Å². The lowest BCUT2D eigenvalue weighted by atomic mass is 9.84. The molecule has 4 aliphatic rings. The number of nitrogens with zero attached hydrogens (tertiary/aromatic N) is 4.